The summed E-state index contributed by atoms with van der Waals surface area (Å²) in [6.45, 7) is 11.4. The van der Waals surface area contributed by atoms with Gasteiger partial charge in [-0.05, 0) is 24.7 Å². The SMILES string of the molecule is CCCCCC(C)C(=O)OCC(C)CCCC(C)C. The highest BCUT2D eigenvalue weighted by molar-refractivity contribution is 5.71. The van der Waals surface area contributed by atoms with Crippen molar-refractivity contribution in [3.63, 3.8) is 0 Å². The maximum atomic E-state index is 11.8. The molecule has 0 spiro atoms. The molecule has 0 radical (unpaired) electrons. The Hall–Kier alpha value is -0.530. The van der Waals surface area contributed by atoms with Gasteiger partial charge in [0.15, 0.2) is 0 Å². The van der Waals surface area contributed by atoms with Gasteiger partial charge in [0.2, 0.25) is 0 Å². The van der Waals surface area contributed by atoms with Crippen LogP contribution in [0.1, 0.15) is 79.6 Å². The Bertz CT molecular complexity index is 223. The summed E-state index contributed by atoms with van der Waals surface area (Å²) in [6.07, 6.45) is 8.19. The average Bonchev–Trinajstić information content (AvgIpc) is 2.35. The Morgan fingerprint density at radius 1 is 0.947 bits per heavy atom. The Labute approximate surface area is 120 Å². The van der Waals surface area contributed by atoms with E-state index in [9.17, 15) is 4.79 Å². The smallest absolute Gasteiger partial charge is 0.308 e. The number of rotatable bonds is 11. The van der Waals surface area contributed by atoms with E-state index < -0.39 is 0 Å². The lowest BCUT2D eigenvalue weighted by atomic mass is 10.00. The number of unbranched alkanes of at least 4 members (excludes halogenated alkanes) is 2. The van der Waals surface area contributed by atoms with Crippen LogP contribution in [0.3, 0.4) is 0 Å². The van der Waals surface area contributed by atoms with Crippen LogP contribution >= 0.6 is 0 Å². The van der Waals surface area contributed by atoms with Gasteiger partial charge in [0.05, 0.1) is 12.5 Å². The van der Waals surface area contributed by atoms with Crippen molar-refractivity contribution >= 4 is 5.97 Å². The van der Waals surface area contributed by atoms with Gasteiger partial charge in [0, 0.05) is 0 Å². The summed E-state index contributed by atoms with van der Waals surface area (Å²) < 4.78 is 5.41. The molecule has 0 saturated heterocycles. The minimum atomic E-state index is -0.00758. The zero-order chi connectivity index (χ0) is 14.7. The maximum absolute atomic E-state index is 11.8. The van der Waals surface area contributed by atoms with Crippen LogP contribution in [0.25, 0.3) is 0 Å². The first-order valence-electron chi connectivity index (χ1n) is 8.14. The topological polar surface area (TPSA) is 26.3 Å². The summed E-state index contributed by atoms with van der Waals surface area (Å²) in [6, 6.07) is 0. The van der Waals surface area contributed by atoms with Crippen LogP contribution < -0.4 is 0 Å². The fourth-order valence-corrected chi connectivity index (χ4v) is 2.14. The molecule has 0 aromatic rings. The second-order valence-corrected chi connectivity index (χ2v) is 6.46. The summed E-state index contributed by atoms with van der Waals surface area (Å²) in [4.78, 5) is 11.8. The second kappa shape index (κ2) is 11.3. The van der Waals surface area contributed by atoms with Crippen LogP contribution in [0.5, 0.6) is 0 Å². The predicted molar refractivity (Wildman–Crippen MR) is 82.1 cm³/mol. The molecule has 0 rings (SSSR count). The first-order valence-corrected chi connectivity index (χ1v) is 8.14. The van der Waals surface area contributed by atoms with Gasteiger partial charge in [-0.3, -0.25) is 4.79 Å². The lowest BCUT2D eigenvalue weighted by Crippen LogP contribution is -2.18. The number of ether oxygens (including phenoxy) is 1. The molecule has 0 N–H and O–H groups in total. The van der Waals surface area contributed by atoms with Crippen molar-refractivity contribution in [2.45, 2.75) is 79.6 Å². The standard InChI is InChI=1S/C17H34O2/c1-6-7-8-12-16(5)17(18)19-13-15(4)11-9-10-14(2)3/h14-16H,6-13H2,1-5H3. The second-order valence-electron chi connectivity index (χ2n) is 6.46. The number of carbonyl (C=O) groups is 1. The molecule has 0 saturated carbocycles. The molecule has 2 atom stereocenters. The normalized spacial score (nSPS) is 14.4. The average molecular weight is 270 g/mol. The Morgan fingerprint density at radius 2 is 1.63 bits per heavy atom. The van der Waals surface area contributed by atoms with Crippen molar-refractivity contribution in [2.75, 3.05) is 6.61 Å². The predicted octanol–water partition coefficient (Wildman–Crippen LogP) is 5.21. The van der Waals surface area contributed by atoms with Gasteiger partial charge in [-0.1, -0.05) is 66.7 Å². The van der Waals surface area contributed by atoms with Gasteiger partial charge < -0.3 is 4.74 Å². The quantitative estimate of drug-likeness (QED) is 0.380. The molecule has 2 heteroatoms. The van der Waals surface area contributed by atoms with Crippen LogP contribution in [-0.2, 0) is 9.53 Å². The molecule has 19 heavy (non-hydrogen) atoms. The molecule has 0 aliphatic carbocycles. The van der Waals surface area contributed by atoms with Gasteiger partial charge in [-0.25, -0.2) is 0 Å². The number of hydrogen-bond donors (Lipinski definition) is 0. The monoisotopic (exact) mass is 270 g/mol. The molecule has 0 bridgehead atoms. The van der Waals surface area contributed by atoms with Gasteiger partial charge in [0.1, 0.15) is 0 Å². The highest BCUT2D eigenvalue weighted by Crippen LogP contribution is 2.15. The molecular weight excluding hydrogens is 236 g/mol. The van der Waals surface area contributed by atoms with E-state index in [-0.39, 0.29) is 11.9 Å². The van der Waals surface area contributed by atoms with E-state index in [1.165, 1.54) is 25.7 Å². The molecule has 0 aromatic carbocycles. The minimum Gasteiger partial charge on any atom is -0.465 e. The van der Waals surface area contributed by atoms with E-state index >= 15 is 0 Å². The van der Waals surface area contributed by atoms with E-state index in [0.717, 1.165) is 25.2 Å². The zero-order valence-corrected chi connectivity index (χ0v) is 13.7. The Kier molecular flexibility index (Phi) is 11.0. The molecule has 0 aliphatic rings. The zero-order valence-electron chi connectivity index (χ0n) is 13.7. The van der Waals surface area contributed by atoms with Crippen molar-refractivity contribution < 1.29 is 9.53 Å². The number of esters is 1. The molecular formula is C17H34O2. The van der Waals surface area contributed by atoms with Crippen molar-refractivity contribution in [3.05, 3.63) is 0 Å². The van der Waals surface area contributed by atoms with Crippen LogP contribution in [0.15, 0.2) is 0 Å². The number of carbonyl (C=O) groups excluding carboxylic acids is 1. The third-order valence-electron chi connectivity index (χ3n) is 3.63. The van der Waals surface area contributed by atoms with E-state index in [0.29, 0.717) is 12.5 Å². The van der Waals surface area contributed by atoms with Gasteiger partial charge >= 0.3 is 5.97 Å². The van der Waals surface area contributed by atoms with Crippen molar-refractivity contribution in [1.82, 2.24) is 0 Å². The number of hydrogen-bond acceptors (Lipinski definition) is 2. The first-order chi connectivity index (χ1) is 8.97. The summed E-state index contributed by atoms with van der Waals surface area (Å²) in [5.41, 5.74) is 0. The van der Waals surface area contributed by atoms with E-state index in [2.05, 4.69) is 27.7 Å². The highest BCUT2D eigenvalue weighted by Gasteiger charge is 2.15. The lowest BCUT2D eigenvalue weighted by Gasteiger charge is -2.15. The third kappa shape index (κ3) is 11.0. The third-order valence-corrected chi connectivity index (χ3v) is 3.63. The molecule has 2 nitrogen and oxygen atoms in total. The molecule has 0 fully saturated rings. The van der Waals surface area contributed by atoms with Crippen LogP contribution in [0, 0.1) is 17.8 Å². The maximum Gasteiger partial charge on any atom is 0.308 e. The lowest BCUT2D eigenvalue weighted by molar-refractivity contribution is -0.149. The molecule has 2 unspecified atom stereocenters. The van der Waals surface area contributed by atoms with Crippen molar-refractivity contribution in [2.24, 2.45) is 17.8 Å². The minimum absolute atomic E-state index is 0.00758. The summed E-state index contributed by atoms with van der Waals surface area (Å²) in [5, 5.41) is 0. The summed E-state index contributed by atoms with van der Waals surface area (Å²) >= 11 is 0. The summed E-state index contributed by atoms with van der Waals surface area (Å²) in [7, 11) is 0. The van der Waals surface area contributed by atoms with Gasteiger partial charge in [-0.2, -0.15) is 0 Å². The fourth-order valence-electron chi connectivity index (χ4n) is 2.14. The molecule has 0 aliphatic heterocycles. The van der Waals surface area contributed by atoms with Crippen molar-refractivity contribution in [1.29, 1.82) is 0 Å². The Balaban J connectivity index is 3.64. The van der Waals surface area contributed by atoms with E-state index in [4.69, 9.17) is 4.74 Å². The van der Waals surface area contributed by atoms with Crippen molar-refractivity contribution in [3.8, 4) is 0 Å². The molecule has 0 amide bonds. The molecule has 114 valence electrons. The largest absolute Gasteiger partial charge is 0.465 e. The fraction of sp³-hybridized carbons (Fsp3) is 0.941. The highest BCUT2D eigenvalue weighted by atomic mass is 16.5. The van der Waals surface area contributed by atoms with Crippen LogP contribution in [0.2, 0.25) is 0 Å². The van der Waals surface area contributed by atoms with Crippen LogP contribution in [0.4, 0.5) is 0 Å². The van der Waals surface area contributed by atoms with Gasteiger partial charge in [0.25, 0.3) is 0 Å². The summed E-state index contributed by atoms with van der Waals surface area (Å²) in [5.74, 6) is 1.32. The van der Waals surface area contributed by atoms with E-state index in [1.807, 2.05) is 6.92 Å². The van der Waals surface area contributed by atoms with Gasteiger partial charge in [-0.15, -0.1) is 0 Å². The van der Waals surface area contributed by atoms with Crippen LogP contribution in [-0.4, -0.2) is 12.6 Å². The molecule has 0 aromatic heterocycles. The first kappa shape index (κ1) is 18.5. The Morgan fingerprint density at radius 3 is 2.21 bits per heavy atom. The van der Waals surface area contributed by atoms with E-state index in [1.54, 1.807) is 0 Å². The molecule has 0 heterocycles.